The van der Waals surface area contributed by atoms with Crippen LogP contribution in [0.5, 0.6) is 0 Å². The molecule has 0 atom stereocenters. The second-order valence-corrected chi connectivity index (χ2v) is 6.22. The first-order valence-corrected chi connectivity index (χ1v) is 8.24. The average Bonchev–Trinajstić information content (AvgIpc) is 2.93. The number of esters is 1. The quantitative estimate of drug-likeness (QED) is 0.642. The van der Waals surface area contributed by atoms with Crippen LogP contribution in [0.15, 0.2) is 35.1 Å². The Balaban J connectivity index is 2.18. The standard InChI is InChI=1S/C17H14BrF2N3O2/c1-3-25-17(24)10-7-13-16(21-8-23(13)2)14(20)15(10)22-12-5-4-9(18)6-11(12)19/h4-8,22H,3H2,1-2H3. The van der Waals surface area contributed by atoms with Crippen LogP contribution in [0.25, 0.3) is 11.0 Å². The van der Waals surface area contributed by atoms with Crippen LogP contribution in [0, 0.1) is 11.6 Å². The number of anilines is 2. The minimum Gasteiger partial charge on any atom is -0.462 e. The predicted molar refractivity (Wildman–Crippen MR) is 94.0 cm³/mol. The number of aryl methyl sites for hydroxylation is 1. The van der Waals surface area contributed by atoms with Crippen LogP contribution in [-0.2, 0) is 11.8 Å². The second-order valence-electron chi connectivity index (χ2n) is 5.31. The van der Waals surface area contributed by atoms with E-state index in [1.165, 1.54) is 24.5 Å². The normalized spacial score (nSPS) is 10.9. The lowest BCUT2D eigenvalue weighted by Gasteiger charge is -2.14. The summed E-state index contributed by atoms with van der Waals surface area (Å²) in [6, 6.07) is 5.76. The molecule has 0 saturated carbocycles. The van der Waals surface area contributed by atoms with Gasteiger partial charge >= 0.3 is 5.97 Å². The maximum absolute atomic E-state index is 15.0. The molecular weight excluding hydrogens is 396 g/mol. The Hall–Kier alpha value is -2.48. The van der Waals surface area contributed by atoms with E-state index >= 15 is 0 Å². The molecule has 2 aromatic carbocycles. The third kappa shape index (κ3) is 3.21. The fourth-order valence-electron chi connectivity index (χ4n) is 2.44. The van der Waals surface area contributed by atoms with E-state index < -0.39 is 17.6 Å². The molecule has 1 aromatic heterocycles. The fraction of sp³-hybridized carbons (Fsp3) is 0.176. The molecule has 1 N–H and O–H groups in total. The van der Waals surface area contributed by atoms with E-state index in [9.17, 15) is 13.6 Å². The van der Waals surface area contributed by atoms with Gasteiger partial charge in [0.05, 0.1) is 35.4 Å². The van der Waals surface area contributed by atoms with Gasteiger partial charge in [-0.05, 0) is 31.2 Å². The zero-order valence-corrected chi connectivity index (χ0v) is 15.0. The van der Waals surface area contributed by atoms with Gasteiger partial charge in [0.1, 0.15) is 11.3 Å². The molecule has 0 bridgehead atoms. The van der Waals surface area contributed by atoms with Crippen molar-refractivity contribution in [3.05, 3.63) is 52.3 Å². The Kier molecular flexibility index (Phi) is 4.71. The van der Waals surface area contributed by atoms with Crippen molar-refractivity contribution in [2.24, 2.45) is 7.05 Å². The van der Waals surface area contributed by atoms with Crippen LogP contribution in [-0.4, -0.2) is 22.1 Å². The molecule has 3 rings (SSSR count). The molecule has 0 radical (unpaired) electrons. The van der Waals surface area contributed by atoms with E-state index in [4.69, 9.17) is 4.74 Å². The number of ether oxygens (including phenoxy) is 1. The van der Waals surface area contributed by atoms with Gasteiger partial charge in [0.15, 0.2) is 5.82 Å². The second kappa shape index (κ2) is 6.79. The van der Waals surface area contributed by atoms with Crippen molar-refractivity contribution in [3.8, 4) is 0 Å². The number of hydrogen-bond donors (Lipinski definition) is 1. The van der Waals surface area contributed by atoms with Crippen LogP contribution in [0.2, 0.25) is 0 Å². The Labute approximate surface area is 150 Å². The van der Waals surface area contributed by atoms with E-state index in [1.54, 1.807) is 24.6 Å². The van der Waals surface area contributed by atoms with Crippen molar-refractivity contribution in [2.45, 2.75) is 6.92 Å². The lowest BCUT2D eigenvalue weighted by atomic mass is 10.1. The summed E-state index contributed by atoms with van der Waals surface area (Å²) in [6.45, 7) is 1.79. The lowest BCUT2D eigenvalue weighted by Crippen LogP contribution is -2.10. The van der Waals surface area contributed by atoms with Crippen molar-refractivity contribution >= 4 is 44.3 Å². The smallest absolute Gasteiger partial charge is 0.340 e. The van der Waals surface area contributed by atoms with E-state index in [1.807, 2.05) is 0 Å². The zero-order valence-electron chi connectivity index (χ0n) is 13.4. The molecule has 5 nitrogen and oxygen atoms in total. The first-order chi connectivity index (χ1) is 11.9. The molecule has 0 saturated heterocycles. The molecule has 0 unspecified atom stereocenters. The van der Waals surface area contributed by atoms with Gasteiger partial charge in [0.2, 0.25) is 0 Å². The number of hydrogen-bond acceptors (Lipinski definition) is 4. The molecule has 130 valence electrons. The molecule has 8 heteroatoms. The minimum absolute atomic E-state index is 0.0298. The molecule has 25 heavy (non-hydrogen) atoms. The molecule has 0 aliphatic carbocycles. The first kappa shape index (κ1) is 17.3. The highest BCUT2D eigenvalue weighted by atomic mass is 79.9. The van der Waals surface area contributed by atoms with Crippen molar-refractivity contribution in [3.63, 3.8) is 0 Å². The maximum Gasteiger partial charge on any atom is 0.340 e. The predicted octanol–water partition coefficient (Wildman–Crippen LogP) is 4.53. The number of aromatic nitrogens is 2. The number of carbonyl (C=O) groups is 1. The third-order valence-corrected chi connectivity index (χ3v) is 4.14. The SMILES string of the molecule is CCOC(=O)c1cc2c(ncn2C)c(F)c1Nc1ccc(Br)cc1F. The molecule has 3 aromatic rings. The number of fused-ring (bicyclic) bond motifs is 1. The van der Waals surface area contributed by atoms with Gasteiger partial charge in [-0.1, -0.05) is 15.9 Å². The molecule has 0 amide bonds. The Morgan fingerprint density at radius 1 is 1.36 bits per heavy atom. The summed E-state index contributed by atoms with van der Waals surface area (Å²) in [5.74, 6) is -2.04. The van der Waals surface area contributed by atoms with E-state index in [0.29, 0.717) is 9.99 Å². The number of imidazole rings is 1. The van der Waals surface area contributed by atoms with Crippen molar-refractivity contribution in [2.75, 3.05) is 11.9 Å². The average molecular weight is 410 g/mol. The van der Waals surface area contributed by atoms with Crippen LogP contribution in [0.1, 0.15) is 17.3 Å². The topological polar surface area (TPSA) is 56.1 Å². The summed E-state index contributed by atoms with van der Waals surface area (Å²) >= 11 is 3.16. The number of nitrogens with one attached hydrogen (secondary N) is 1. The highest BCUT2D eigenvalue weighted by Gasteiger charge is 2.23. The summed E-state index contributed by atoms with van der Waals surface area (Å²) in [5, 5.41) is 2.66. The highest BCUT2D eigenvalue weighted by Crippen LogP contribution is 2.32. The third-order valence-electron chi connectivity index (χ3n) is 3.65. The number of rotatable bonds is 4. The van der Waals surface area contributed by atoms with Crippen molar-refractivity contribution in [1.82, 2.24) is 9.55 Å². The summed E-state index contributed by atoms with van der Waals surface area (Å²) < 4.78 is 36.2. The number of benzene rings is 2. The van der Waals surface area contributed by atoms with Gasteiger partial charge in [-0.15, -0.1) is 0 Å². The summed E-state index contributed by atoms with van der Waals surface area (Å²) in [4.78, 5) is 16.3. The lowest BCUT2D eigenvalue weighted by molar-refractivity contribution is 0.0527. The summed E-state index contributed by atoms with van der Waals surface area (Å²) in [5.41, 5.74) is 0.338. The summed E-state index contributed by atoms with van der Waals surface area (Å²) in [7, 11) is 1.69. The van der Waals surface area contributed by atoms with E-state index in [-0.39, 0.29) is 29.1 Å². The number of carbonyl (C=O) groups excluding carboxylic acids is 1. The first-order valence-electron chi connectivity index (χ1n) is 7.45. The Morgan fingerprint density at radius 2 is 2.12 bits per heavy atom. The molecule has 1 heterocycles. The van der Waals surface area contributed by atoms with E-state index in [2.05, 4.69) is 26.2 Å². The minimum atomic E-state index is -0.747. The van der Waals surface area contributed by atoms with Crippen molar-refractivity contribution < 1.29 is 18.3 Å². The molecule has 0 aliphatic heterocycles. The largest absolute Gasteiger partial charge is 0.462 e. The van der Waals surface area contributed by atoms with Crippen LogP contribution < -0.4 is 5.32 Å². The van der Waals surface area contributed by atoms with Crippen molar-refractivity contribution in [1.29, 1.82) is 0 Å². The van der Waals surface area contributed by atoms with Crippen LogP contribution in [0.4, 0.5) is 20.2 Å². The zero-order chi connectivity index (χ0) is 18.1. The van der Waals surface area contributed by atoms with Gasteiger partial charge in [-0.25, -0.2) is 18.6 Å². The van der Waals surface area contributed by atoms with Crippen LogP contribution in [0.3, 0.4) is 0 Å². The van der Waals surface area contributed by atoms with E-state index in [0.717, 1.165) is 0 Å². The molecule has 0 aliphatic rings. The Bertz CT molecular complexity index is 972. The number of nitrogens with zero attached hydrogens (tertiary/aromatic N) is 2. The van der Waals surface area contributed by atoms with Crippen LogP contribution >= 0.6 is 15.9 Å². The van der Waals surface area contributed by atoms with Gasteiger partial charge < -0.3 is 14.6 Å². The highest BCUT2D eigenvalue weighted by molar-refractivity contribution is 9.10. The number of halogens is 3. The molecule has 0 spiro atoms. The van der Waals surface area contributed by atoms with Gasteiger partial charge in [0, 0.05) is 11.5 Å². The maximum atomic E-state index is 15.0. The Morgan fingerprint density at radius 3 is 2.80 bits per heavy atom. The molecule has 0 fully saturated rings. The summed E-state index contributed by atoms with van der Waals surface area (Å²) in [6.07, 6.45) is 1.44. The van der Waals surface area contributed by atoms with Gasteiger partial charge in [0.25, 0.3) is 0 Å². The molecular formula is C17H14BrF2N3O2. The fourth-order valence-corrected chi connectivity index (χ4v) is 2.78. The van der Waals surface area contributed by atoms with Gasteiger partial charge in [-0.3, -0.25) is 0 Å². The van der Waals surface area contributed by atoms with Gasteiger partial charge in [-0.2, -0.15) is 0 Å². The monoisotopic (exact) mass is 409 g/mol.